The molecule has 138 valence electrons. The van der Waals surface area contributed by atoms with E-state index >= 15 is 0 Å². The van der Waals surface area contributed by atoms with Crippen LogP contribution in [0.2, 0.25) is 10.0 Å². The average Bonchev–Trinajstić information content (AvgIpc) is 2.62. The van der Waals surface area contributed by atoms with Crippen LogP contribution in [0.1, 0.15) is 27.0 Å². The van der Waals surface area contributed by atoms with Gasteiger partial charge in [0, 0.05) is 21.9 Å². The van der Waals surface area contributed by atoms with Crippen LogP contribution in [0.4, 0.5) is 5.69 Å². The number of anilines is 1. The Labute approximate surface area is 167 Å². The summed E-state index contributed by atoms with van der Waals surface area (Å²) in [5.41, 5.74) is 3.16. The Morgan fingerprint density at radius 2 is 1.85 bits per heavy atom. The summed E-state index contributed by atoms with van der Waals surface area (Å²) in [4.78, 5) is 25.4. The smallest absolute Gasteiger partial charge is 0.263 e. The summed E-state index contributed by atoms with van der Waals surface area (Å²) in [5, 5.41) is 3.82. The van der Waals surface area contributed by atoms with Gasteiger partial charge in [-0.3, -0.25) is 9.59 Å². The second-order valence-electron chi connectivity index (χ2n) is 6.29. The van der Waals surface area contributed by atoms with Gasteiger partial charge < -0.3 is 9.88 Å². The number of pyridine rings is 1. The first-order valence-corrected chi connectivity index (χ1v) is 9.13. The van der Waals surface area contributed by atoms with Gasteiger partial charge in [-0.2, -0.15) is 0 Å². The fourth-order valence-corrected chi connectivity index (χ4v) is 3.21. The van der Waals surface area contributed by atoms with Crippen LogP contribution >= 0.6 is 23.2 Å². The van der Waals surface area contributed by atoms with E-state index in [2.05, 4.69) is 5.32 Å². The van der Waals surface area contributed by atoms with E-state index in [0.29, 0.717) is 15.7 Å². The summed E-state index contributed by atoms with van der Waals surface area (Å²) >= 11 is 12.1. The molecule has 0 aliphatic carbocycles. The van der Waals surface area contributed by atoms with Crippen molar-refractivity contribution in [2.45, 2.75) is 20.4 Å². The molecule has 1 amide bonds. The molecule has 27 heavy (non-hydrogen) atoms. The molecule has 0 spiro atoms. The molecule has 1 N–H and O–H groups in total. The fraction of sp³-hybridized carbons (Fsp3) is 0.143. The standard InChI is InChI=1S/C21H18Cl2N2O2/c1-13-5-3-7-19(14(13)2)24-20(26)17-6-4-10-25(21(17)27)12-15-8-9-16(22)11-18(15)23/h3-11H,12H2,1-2H3,(H,24,26). The van der Waals surface area contributed by atoms with Crippen molar-refractivity contribution in [3.63, 3.8) is 0 Å². The van der Waals surface area contributed by atoms with Crippen molar-refractivity contribution in [3.8, 4) is 0 Å². The van der Waals surface area contributed by atoms with Crippen LogP contribution in [0.15, 0.2) is 59.5 Å². The third-order valence-corrected chi connectivity index (χ3v) is 5.06. The zero-order valence-corrected chi connectivity index (χ0v) is 16.4. The molecule has 3 rings (SSSR count). The fourth-order valence-electron chi connectivity index (χ4n) is 2.74. The minimum absolute atomic E-state index is 0.0727. The monoisotopic (exact) mass is 400 g/mol. The van der Waals surface area contributed by atoms with Gasteiger partial charge in [0.05, 0.1) is 6.54 Å². The van der Waals surface area contributed by atoms with E-state index in [-0.39, 0.29) is 17.7 Å². The zero-order chi connectivity index (χ0) is 19.6. The Bertz CT molecular complexity index is 1070. The molecular weight excluding hydrogens is 383 g/mol. The maximum absolute atomic E-state index is 12.8. The van der Waals surface area contributed by atoms with Crippen LogP contribution in [-0.2, 0) is 6.54 Å². The van der Waals surface area contributed by atoms with Gasteiger partial charge in [-0.05, 0) is 60.9 Å². The quantitative estimate of drug-likeness (QED) is 0.664. The Hall–Kier alpha value is -2.56. The van der Waals surface area contributed by atoms with Crippen molar-refractivity contribution in [3.05, 3.63) is 97.4 Å². The van der Waals surface area contributed by atoms with Gasteiger partial charge in [0.2, 0.25) is 0 Å². The summed E-state index contributed by atoms with van der Waals surface area (Å²) in [7, 11) is 0. The lowest BCUT2D eigenvalue weighted by Crippen LogP contribution is -2.29. The molecule has 4 nitrogen and oxygen atoms in total. The van der Waals surface area contributed by atoms with Crippen LogP contribution in [0, 0.1) is 13.8 Å². The summed E-state index contributed by atoms with van der Waals surface area (Å²) in [6.45, 7) is 4.15. The lowest BCUT2D eigenvalue weighted by atomic mass is 10.1. The number of nitrogens with zero attached hydrogens (tertiary/aromatic N) is 1. The number of rotatable bonds is 4. The van der Waals surface area contributed by atoms with E-state index in [4.69, 9.17) is 23.2 Å². The number of amides is 1. The van der Waals surface area contributed by atoms with Crippen LogP contribution in [-0.4, -0.2) is 10.5 Å². The second-order valence-corrected chi connectivity index (χ2v) is 7.14. The average molecular weight is 401 g/mol. The highest BCUT2D eigenvalue weighted by molar-refractivity contribution is 6.35. The predicted molar refractivity (Wildman–Crippen MR) is 110 cm³/mol. The van der Waals surface area contributed by atoms with Gasteiger partial charge in [-0.1, -0.05) is 41.4 Å². The second kappa shape index (κ2) is 7.99. The van der Waals surface area contributed by atoms with Crippen LogP contribution in [0.3, 0.4) is 0 Å². The summed E-state index contributed by atoms with van der Waals surface area (Å²) in [6.07, 6.45) is 1.63. The van der Waals surface area contributed by atoms with Gasteiger partial charge in [0.25, 0.3) is 11.5 Å². The first-order valence-electron chi connectivity index (χ1n) is 8.38. The SMILES string of the molecule is Cc1cccc(NC(=O)c2cccn(Cc3ccc(Cl)cc3Cl)c2=O)c1C. The predicted octanol–water partition coefficient (Wildman–Crippen LogP) is 5.07. The number of hydrogen-bond donors (Lipinski definition) is 1. The van der Waals surface area contributed by atoms with Gasteiger partial charge in [-0.25, -0.2) is 0 Å². The van der Waals surface area contributed by atoms with E-state index in [9.17, 15) is 9.59 Å². The van der Waals surface area contributed by atoms with Gasteiger partial charge >= 0.3 is 0 Å². The third-order valence-electron chi connectivity index (χ3n) is 4.47. The minimum Gasteiger partial charge on any atom is -0.322 e. The Kier molecular flexibility index (Phi) is 5.68. The van der Waals surface area contributed by atoms with Crippen molar-refractivity contribution in [1.82, 2.24) is 4.57 Å². The van der Waals surface area contributed by atoms with E-state index in [1.807, 2.05) is 32.0 Å². The highest BCUT2D eigenvalue weighted by Gasteiger charge is 2.14. The highest BCUT2D eigenvalue weighted by Crippen LogP contribution is 2.22. The summed E-state index contributed by atoms with van der Waals surface area (Å²) in [6, 6.07) is 13.9. The number of aromatic nitrogens is 1. The topological polar surface area (TPSA) is 51.1 Å². The van der Waals surface area contributed by atoms with Crippen molar-refractivity contribution in [2.75, 3.05) is 5.32 Å². The molecule has 1 heterocycles. The maximum Gasteiger partial charge on any atom is 0.263 e. The van der Waals surface area contributed by atoms with Crippen molar-refractivity contribution >= 4 is 34.8 Å². The van der Waals surface area contributed by atoms with Crippen molar-refractivity contribution < 1.29 is 4.79 Å². The maximum atomic E-state index is 12.8. The molecule has 1 aromatic heterocycles. The molecule has 0 atom stereocenters. The molecule has 6 heteroatoms. The molecule has 0 aliphatic heterocycles. The molecule has 2 aromatic carbocycles. The van der Waals surface area contributed by atoms with E-state index in [0.717, 1.165) is 16.7 Å². The molecule has 3 aromatic rings. The van der Waals surface area contributed by atoms with Crippen molar-refractivity contribution in [1.29, 1.82) is 0 Å². The van der Waals surface area contributed by atoms with Crippen LogP contribution in [0.5, 0.6) is 0 Å². The van der Waals surface area contributed by atoms with Gasteiger partial charge in [0.15, 0.2) is 0 Å². The molecular formula is C21H18Cl2N2O2. The van der Waals surface area contributed by atoms with E-state index < -0.39 is 5.91 Å². The zero-order valence-electron chi connectivity index (χ0n) is 14.9. The van der Waals surface area contributed by atoms with Crippen LogP contribution in [0.25, 0.3) is 0 Å². The highest BCUT2D eigenvalue weighted by atomic mass is 35.5. The number of hydrogen-bond acceptors (Lipinski definition) is 2. The first-order chi connectivity index (χ1) is 12.9. The molecule has 0 fully saturated rings. The van der Waals surface area contributed by atoms with Crippen LogP contribution < -0.4 is 10.9 Å². The number of carbonyl (C=O) groups excluding carboxylic acids is 1. The first kappa shape index (κ1) is 19.2. The molecule has 0 radical (unpaired) electrons. The number of halogens is 2. The molecule has 0 unspecified atom stereocenters. The Morgan fingerprint density at radius 1 is 1.07 bits per heavy atom. The molecule has 0 bridgehead atoms. The normalized spacial score (nSPS) is 10.7. The molecule has 0 aliphatic rings. The summed E-state index contributed by atoms with van der Waals surface area (Å²) < 4.78 is 1.45. The minimum atomic E-state index is -0.440. The number of aryl methyl sites for hydroxylation is 1. The van der Waals surface area contributed by atoms with E-state index in [1.165, 1.54) is 10.6 Å². The van der Waals surface area contributed by atoms with Crippen molar-refractivity contribution in [2.24, 2.45) is 0 Å². The Balaban J connectivity index is 1.89. The van der Waals surface area contributed by atoms with E-state index in [1.54, 1.807) is 30.5 Å². The number of nitrogens with one attached hydrogen (secondary N) is 1. The lowest BCUT2D eigenvalue weighted by molar-refractivity contribution is 0.102. The Morgan fingerprint density at radius 3 is 2.59 bits per heavy atom. The van der Waals surface area contributed by atoms with Gasteiger partial charge in [0.1, 0.15) is 5.56 Å². The molecule has 0 saturated carbocycles. The summed E-state index contributed by atoms with van der Waals surface area (Å²) in [5.74, 6) is -0.440. The largest absolute Gasteiger partial charge is 0.322 e. The third kappa shape index (κ3) is 4.24. The lowest BCUT2D eigenvalue weighted by Gasteiger charge is -2.12. The molecule has 0 saturated heterocycles. The number of carbonyl (C=O) groups is 1. The number of benzene rings is 2. The van der Waals surface area contributed by atoms with Gasteiger partial charge in [-0.15, -0.1) is 0 Å².